The molecule has 0 spiro atoms. The van der Waals surface area contributed by atoms with Crippen molar-refractivity contribution < 1.29 is 24.5 Å². The molecule has 128 valence electrons. The van der Waals surface area contributed by atoms with Crippen LogP contribution < -0.4 is 11.0 Å². The number of carbonyl (C=O) groups is 2. The van der Waals surface area contributed by atoms with Gasteiger partial charge < -0.3 is 14.9 Å². The summed E-state index contributed by atoms with van der Waals surface area (Å²) in [7, 11) is 1.17. The summed E-state index contributed by atoms with van der Waals surface area (Å²) < 4.78 is 5.73. The number of benzene rings is 1. The van der Waals surface area contributed by atoms with Gasteiger partial charge in [-0.2, -0.15) is 5.10 Å². The second kappa shape index (κ2) is 6.00. The second-order valence-corrected chi connectivity index (χ2v) is 5.03. The van der Waals surface area contributed by atoms with Crippen LogP contribution in [0.1, 0.15) is 20.7 Å². The molecule has 4 N–H and O–H groups in total. The van der Waals surface area contributed by atoms with Gasteiger partial charge in [-0.3, -0.25) is 19.7 Å². The zero-order chi connectivity index (χ0) is 18.1. The first kappa shape index (κ1) is 16.1. The van der Waals surface area contributed by atoms with Crippen LogP contribution in [0.4, 0.5) is 0 Å². The normalized spacial score (nSPS) is 10.6. The Hall–Kier alpha value is -3.82. The van der Waals surface area contributed by atoms with E-state index in [-0.39, 0.29) is 28.1 Å². The highest BCUT2D eigenvalue weighted by Crippen LogP contribution is 2.23. The van der Waals surface area contributed by atoms with Crippen LogP contribution in [0.25, 0.3) is 11.3 Å². The number of aromatic amines is 1. The molecule has 0 bridgehead atoms. The fourth-order valence-corrected chi connectivity index (χ4v) is 2.25. The number of rotatable bonds is 3. The highest BCUT2D eigenvalue weighted by Gasteiger charge is 2.22. The summed E-state index contributed by atoms with van der Waals surface area (Å²) in [5.74, 6) is -2.10. The zero-order valence-corrected chi connectivity index (χ0v) is 12.8. The fourth-order valence-electron chi connectivity index (χ4n) is 2.25. The Morgan fingerprint density at radius 1 is 1.24 bits per heavy atom. The molecule has 0 saturated carbocycles. The summed E-state index contributed by atoms with van der Waals surface area (Å²) in [5, 5.41) is 25.0. The second-order valence-electron chi connectivity index (χ2n) is 5.03. The molecule has 0 aliphatic carbocycles. The number of fused-ring (bicyclic) bond motifs is 1. The molecule has 0 fully saturated rings. The third-order valence-corrected chi connectivity index (χ3v) is 3.42. The number of nitrogens with one attached hydrogen (secondary N) is 2. The average Bonchev–Trinajstić information content (AvgIpc) is 2.94. The van der Waals surface area contributed by atoms with E-state index in [1.165, 1.54) is 31.6 Å². The maximum Gasteiger partial charge on any atom is 0.341 e. The Morgan fingerprint density at radius 3 is 2.68 bits per heavy atom. The number of H-pyrrole nitrogens is 1. The van der Waals surface area contributed by atoms with Crippen molar-refractivity contribution in [2.45, 2.75) is 0 Å². The van der Waals surface area contributed by atoms with Crippen molar-refractivity contribution in [1.82, 2.24) is 14.9 Å². The third-order valence-electron chi connectivity index (χ3n) is 3.42. The fraction of sp³-hybridized carbons (Fsp3) is 0.0667. The van der Waals surface area contributed by atoms with Gasteiger partial charge in [0.25, 0.3) is 11.5 Å². The molecule has 2 aliphatic rings. The first-order valence-corrected chi connectivity index (χ1v) is 6.92. The molecular formula is C15H12N4O6. The summed E-state index contributed by atoms with van der Waals surface area (Å²) in [6.07, 6.45) is 2.49. The lowest BCUT2D eigenvalue weighted by molar-refractivity contribution is 0.0600. The number of pyridine rings is 1. The summed E-state index contributed by atoms with van der Waals surface area (Å²) >= 11 is 0. The van der Waals surface area contributed by atoms with Crippen LogP contribution in [0.5, 0.6) is 11.5 Å². The first-order valence-electron chi connectivity index (χ1n) is 6.92. The average molecular weight is 344 g/mol. The van der Waals surface area contributed by atoms with Gasteiger partial charge in [0.15, 0.2) is 0 Å². The Balaban J connectivity index is 2.02. The van der Waals surface area contributed by atoms with Gasteiger partial charge in [-0.05, 0) is 12.1 Å². The summed E-state index contributed by atoms with van der Waals surface area (Å²) in [6.45, 7) is 0. The number of hydrogen-bond donors (Lipinski definition) is 4. The molecule has 0 atom stereocenters. The number of nitrogens with zero attached hydrogens (tertiary/aromatic N) is 2. The molecule has 0 radical (unpaired) electrons. The molecule has 1 amide bonds. The summed E-state index contributed by atoms with van der Waals surface area (Å²) in [5.41, 5.74) is 1.88. The van der Waals surface area contributed by atoms with Crippen molar-refractivity contribution in [3.8, 4) is 22.8 Å². The van der Waals surface area contributed by atoms with E-state index in [0.29, 0.717) is 0 Å². The number of methoxy groups -OCH3 is 1. The number of phenols is 2. The van der Waals surface area contributed by atoms with Gasteiger partial charge in [0, 0.05) is 18.5 Å². The lowest BCUT2D eigenvalue weighted by atomic mass is 10.1. The Bertz CT molecular complexity index is 1010. The number of aromatic nitrogens is 3. The van der Waals surface area contributed by atoms with Crippen molar-refractivity contribution in [1.29, 1.82) is 0 Å². The highest BCUT2D eigenvalue weighted by molar-refractivity contribution is 6.02. The van der Waals surface area contributed by atoms with E-state index < -0.39 is 23.2 Å². The number of carbonyl (C=O) groups excluding carboxylic acids is 2. The maximum absolute atomic E-state index is 12.3. The molecule has 0 saturated heterocycles. The van der Waals surface area contributed by atoms with Gasteiger partial charge >= 0.3 is 5.97 Å². The molecule has 10 heteroatoms. The number of aromatic hydroxyl groups is 2. The van der Waals surface area contributed by atoms with Crippen molar-refractivity contribution in [2.24, 2.45) is 0 Å². The number of hydrogen-bond acceptors (Lipinski definition) is 7. The number of ether oxygens (including phenoxy) is 1. The molecule has 3 rings (SSSR count). The molecule has 1 aromatic rings. The minimum Gasteiger partial charge on any atom is -0.508 e. The smallest absolute Gasteiger partial charge is 0.341 e. The van der Waals surface area contributed by atoms with Gasteiger partial charge in [-0.25, -0.2) is 9.89 Å². The SMILES string of the molecule is COC(=O)c1cn(NC(=O)c2ccc(O)cc2O)cc2c(=O)[nH]nc1-2. The van der Waals surface area contributed by atoms with Gasteiger partial charge in [0.1, 0.15) is 22.8 Å². The van der Waals surface area contributed by atoms with Crippen LogP contribution in [0.3, 0.4) is 0 Å². The molecule has 10 nitrogen and oxygen atoms in total. The van der Waals surface area contributed by atoms with Crippen LogP contribution in [0, 0.1) is 0 Å². The topological polar surface area (TPSA) is 147 Å². The number of esters is 1. The van der Waals surface area contributed by atoms with E-state index in [1.54, 1.807) is 0 Å². The van der Waals surface area contributed by atoms with Crippen LogP contribution in [-0.2, 0) is 4.74 Å². The predicted octanol–water partition coefficient (Wildman–Crippen LogP) is 0.258. The summed E-state index contributed by atoms with van der Waals surface area (Å²) in [6, 6.07) is 3.46. The van der Waals surface area contributed by atoms with Crippen molar-refractivity contribution in [3.63, 3.8) is 0 Å². The van der Waals surface area contributed by atoms with E-state index >= 15 is 0 Å². The lowest BCUT2D eigenvalue weighted by Crippen LogP contribution is -2.25. The molecule has 2 heterocycles. The van der Waals surface area contributed by atoms with Crippen molar-refractivity contribution in [2.75, 3.05) is 12.5 Å². The quantitative estimate of drug-likeness (QED) is 0.498. The van der Waals surface area contributed by atoms with Gasteiger partial charge in [-0.1, -0.05) is 0 Å². The molecule has 25 heavy (non-hydrogen) atoms. The van der Waals surface area contributed by atoms with E-state index in [1.807, 2.05) is 0 Å². The molecule has 1 aromatic carbocycles. The maximum atomic E-state index is 12.3. The van der Waals surface area contributed by atoms with Crippen LogP contribution in [0.15, 0.2) is 35.4 Å². The van der Waals surface area contributed by atoms with E-state index in [2.05, 4.69) is 20.4 Å². The van der Waals surface area contributed by atoms with E-state index in [9.17, 15) is 24.6 Å². The molecule has 2 aliphatic heterocycles. The van der Waals surface area contributed by atoms with E-state index in [0.717, 1.165) is 10.7 Å². The highest BCUT2D eigenvalue weighted by atomic mass is 16.5. The van der Waals surface area contributed by atoms with Gasteiger partial charge in [0.2, 0.25) is 0 Å². The predicted molar refractivity (Wildman–Crippen MR) is 84.3 cm³/mol. The lowest BCUT2D eigenvalue weighted by Gasteiger charge is -2.13. The van der Waals surface area contributed by atoms with Crippen molar-refractivity contribution in [3.05, 3.63) is 52.1 Å². The minimum atomic E-state index is -0.743. The van der Waals surface area contributed by atoms with Crippen LogP contribution in [-0.4, -0.2) is 44.1 Å². The third kappa shape index (κ3) is 2.87. The standard InChI is InChI=1S/C15H12N4O6/c1-25-15(24)10-6-19(5-9-12(10)16-17-13(9)22)18-14(23)8-3-2-7(20)4-11(8)21/h2-6,20-21H,1H3,(H,17,22)(H,18,23). The van der Waals surface area contributed by atoms with Crippen molar-refractivity contribution >= 4 is 11.9 Å². The summed E-state index contributed by atoms with van der Waals surface area (Å²) in [4.78, 5) is 35.9. The molecular weight excluding hydrogens is 332 g/mol. The van der Waals surface area contributed by atoms with E-state index in [4.69, 9.17) is 0 Å². The number of amides is 1. The van der Waals surface area contributed by atoms with Gasteiger partial charge in [0.05, 0.1) is 18.2 Å². The Kier molecular flexibility index (Phi) is 3.85. The van der Waals surface area contributed by atoms with Crippen LogP contribution >= 0.6 is 0 Å². The monoisotopic (exact) mass is 344 g/mol. The largest absolute Gasteiger partial charge is 0.508 e. The van der Waals surface area contributed by atoms with Gasteiger partial charge in [-0.15, -0.1) is 0 Å². The first-order chi connectivity index (χ1) is 11.9. The number of phenolic OH excluding ortho intramolecular Hbond substituents is 2. The zero-order valence-electron chi connectivity index (χ0n) is 12.8. The molecule has 0 unspecified atom stereocenters. The molecule has 0 aromatic heterocycles. The Morgan fingerprint density at radius 2 is 2.00 bits per heavy atom. The van der Waals surface area contributed by atoms with Crippen LogP contribution in [0.2, 0.25) is 0 Å². The Labute approximate surface area is 139 Å². The minimum absolute atomic E-state index is 0.0337.